The highest BCUT2D eigenvalue weighted by Gasteiger charge is 2.42. The largest absolute Gasteiger partial charge is 0.367 e. The maximum absolute atomic E-state index is 6.11. The molecule has 0 aromatic carbocycles. The molecule has 3 rings (SSSR count). The fourth-order valence-electron chi connectivity index (χ4n) is 3.65. The minimum atomic E-state index is -0.321. The van der Waals surface area contributed by atoms with E-state index in [1.165, 1.54) is 12.8 Å². The van der Waals surface area contributed by atoms with Crippen molar-refractivity contribution in [2.24, 2.45) is 11.8 Å². The van der Waals surface area contributed by atoms with Crippen LogP contribution in [0.4, 0.5) is 0 Å². The summed E-state index contributed by atoms with van der Waals surface area (Å²) >= 11 is 0. The maximum atomic E-state index is 6.11. The van der Waals surface area contributed by atoms with Crippen LogP contribution >= 0.6 is 0 Å². The minimum Gasteiger partial charge on any atom is -0.367 e. The lowest BCUT2D eigenvalue weighted by Gasteiger charge is -2.36. The Hall–Kier alpha value is -0.940. The molecule has 5 heteroatoms. The van der Waals surface area contributed by atoms with Gasteiger partial charge < -0.3 is 14.6 Å². The van der Waals surface area contributed by atoms with Crippen LogP contribution in [0.25, 0.3) is 0 Å². The number of ether oxygens (including phenoxy) is 1. The van der Waals surface area contributed by atoms with Crippen LogP contribution in [0.1, 0.15) is 64.1 Å². The van der Waals surface area contributed by atoms with Crippen LogP contribution in [0.2, 0.25) is 0 Å². The van der Waals surface area contributed by atoms with Gasteiger partial charge in [-0.15, -0.1) is 0 Å². The second kappa shape index (κ2) is 6.05. The Kier molecular flexibility index (Phi) is 4.31. The van der Waals surface area contributed by atoms with Crippen molar-refractivity contribution in [3.05, 3.63) is 11.7 Å². The van der Waals surface area contributed by atoms with E-state index in [0.29, 0.717) is 18.4 Å². The molecule has 5 nitrogen and oxygen atoms in total. The Morgan fingerprint density at radius 1 is 1.29 bits per heavy atom. The molecule has 0 spiro atoms. The third kappa shape index (κ3) is 2.86. The maximum Gasteiger partial charge on any atom is 0.231 e. The van der Waals surface area contributed by atoms with Gasteiger partial charge in [0.05, 0.1) is 5.92 Å². The fourth-order valence-corrected chi connectivity index (χ4v) is 3.65. The monoisotopic (exact) mass is 293 g/mol. The van der Waals surface area contributed by atoms with Gasteiger partial charge in [0.1, 0.15) is 5.60 Å². The van der Waals surface area contributed by atoms with Crippen molar-refractivity contribution in [3.63, 3.8) is 0 Å². The summed E-state index contributed by atoms with van der Waals surface area (Å²) < 4.78 is 11.7. The van der Waals surface area contributed by atoms with Gasteiger partial charge in [0.2, 0.25) is 11.7 Å². The predicted molar refractivity (Wildman–Crippen MR) is 80.0 cm³/mol. The Labute approximate surface area is 126 Å². The van der Waals surface area contributed by atoms with E-state index >= 15 is 0 Å². The van der Waals surface area contributed by atoms with E-state index < -0.39 is 0 Å². The topological polar surface area (TPSA) is 60.2 Å². The van der Waals surface area contributed by atoms with Crippen molar-refractivity contribution < 1.29 is 9.26 Å². The first-order chi connectivity index (χ1) is 10.1. The van der Waals surface area contributed by atoms with Gasteiger partial charge in [-0.05, 0) is 51.0 Å². The van der Waals surface area contributed by atoms with Crippen molar-refractivity contribution in [2.45, 2.75) is 58.0 Å². The van der Waals surface area contributed by atoms with Crippen LogP contribution in [-0.2, 0) is 10.3 Å². The molecule has 0 amide bonds. The standard InChI is InChI=1S/C16H27N3O2/c1-4-20-16(7-5-11(2)6-8-16)15-18-14(21-19-15)13-10-17-9-12(13)3/h11-13,17H,4-10H2,1-3H3/t11?,12-,13-,16?/m1/s1. The quantitative estimate of drug-likeness (QED) is 0.925. The van der Waals surface area contributed by atoms with Gasteiger partial charge >= 0.3 is 0 Å². The summed E-state index contributed by atoms with van der Waals surface area (Å²) in [4.78, 5) is 4.74. The Balaban J connectivity index is 1.82. The van der Waals surface area contributed by atoms with E-state index in [-0.39, 0.29) is 5.60 Å². The van der Waals surface area contributed by atoms with Gasteiger partial charge in [-0.1, -0.05) is 19.0 Å². The molecule has 1 N–H and O–H groups in total. The first-order valence-electron chi connectivity index (χ1n) is 8.33. The highest BCUT2D eigenvalue weighted by molar-refractivity contribution is 5.08. The molecule has 2 heterocycles. The number of nitrogens with zero attached hydrogens (tertiary/aromatic N) is 2. The molecule has 1 aliphatic carbocycles. The van der Waals surface area contributed by atoms with Crippen molar-refractivity contribution in [1.29, 1.82) is 0 Å². The SMILES string of the molecule is CCOC1(c2noc([C@@H]3CNC[C@H]3C)n2)CCC(C)CC1. The summed E-state index contributed by atoms with van der Waals surface area (Å²) in [7, 11) is 0. The molecule has 2 atom stereocenters. The summed E-state index contributed by atoms with van der Waals surface area (Å²) in [6, 6.07) is 0. The zero-order valence-corrected chi connectivity index (χ0v) is 13.4. The zero-order chi connectivity index (χ0) is 14.9. The highest BCUT2D eigenvalue weighted by atomic mass is 16.5. The molecule has 1 saturated heterocycles. The lowest BCUT2D eigenvalue weighted by molar-refractivity contribution is -0.0847. The summed E-state index contributed by atoms with van der Waals surface area (Å²) in [5.41, 5.74) is -0.321. The summed E-state index contributed by atoms with van der Waals surface area (Å²) in [5, 5.41) is 7.69. The van der Waals surface area contributed by atoms with Crippen LogP contribution in [0.5, 0.6) is 0 Å². The summed E-state index contributed by atoms with van der Waals surface area (Å²) in [6.07, 6.45) is 4.34. The van der Waals surface area contributed by atoms with Crippen LogP contribution in [-0.4, -0.2) is 29.8 Å². The lowest BCUT2D eigenvalue weighted by Crippen LogP contribution is -2.35. The van der Waals surface area contributed by atoms with Crippen LogP contribution in [0, 0.1) is 11.8 Å². The normalized spacial score (nSPS) is 37.0. The Bertz CT molecular complexity index is 466. The Morgan fingerprint density at radius 2 is 2.05 bits per heavy atom. The molecular formula is C16H27N3O2. The van der Waals surface area contributed by atoms with E-state index in [9.17, 15) is 0 Å². The lowest BCUT2D eigenvalue weighted by atomic mass is 9.79. The number of hydrogen-bond donors (Lipinski definition) is 1. The molecule has 0 bridgehead atoms. The summed E-state index contributed by atoms with van der Waals surface area (Å²) in [6.45, 7) is 9.24. The predicted octanol–water partition coefficient (Wildman–Crippen LogP) is 2.83. The molecule has 2 fully saturated rings. The van der Waals surface area contributed by atoms with Gasteiger partial charge in [-0.3, -0.25) is 0 Å². The van der Waals surface area contributed by atoms with Gasteiger partial charge in [-0.25, -0.2) is 0 Å². The minimum absolute atomic E-state index is 0.321. The molecule has 1 aromatic heterocycles. The second-order valence-electron chi connectivity index (χ2n) is 6.81. The van der Waals surface area contributed by atoms with Gasteiger partial charge in [0.25, 0.3) is 0 Å². The average molecular weight is 293 g/mol. The smallest absolute Gasteiger partial charge is 0.231 e. The van der Waals surface area contributed by atoms with Crippen molar-refractivity contribution in [3.8, 4) is 0 Å². The fraction of sp³-hybridized carbons (Fsp3) is 0.875. The van der Waals surface area contributed by atoms with Crippen molar-refractivity contribution >= 4 is 0 Å². The molecule has 1 aliphatic heterocycles. The average Bonchev–Trinajstić information content (AvgIpc) is 3.10. The van der Waals surface area contributed by atoms with Crippen LogP contribution in [0.15, 0.2) is 4.52 Å². The number of nitrogens with one attached hydrogen (secondary N) is 1. The Morgan fingerprint density at radius 3 is 2.67 bits per heavy atom. The van der Waals surface area contributed by atoms with Crippen molar-refractivity contribution in [1.82, 2.24) is 15.5 Å². The van der Waals surface area contributed by atoms with E-state index in [4.69, 9.17) is 14.2 Å². The molecule has 21 heavy (non-hydrogen) atoms. The molecule has 2 aliphatic rings. The van der Waals surface area contributed by atoms with E-state index in [1.54, 1.807) is 0 Å². The molecule has 118 valence electrons. The van der Waals surface area contributed by atoms with Crippen LogP contribution in [0.3, 0.4) is 0 Å². The van der Waals surface area contributed by atoms with E-state index in [1.807, 2.05) is 6.92 Å². The molecular weight excluding hydrogens is 266 g/mol. The third-order valence-electron chi connectivity index (χ3n) is 5.19. The van der Waals surface area contributed by atoms with Gasteiger partial charge in [-0.2, -0.15) is 4.98 Å². The zero-order valence-electron chi connectivity index (χ0n) is 13.4. The third-order valence-corrected chi connectivity index (χ3v) is 5.19. The molecule has 0 unspecified atom stereocenters. The van der Waals surface area contributed by atoms with Crippen LogP contribution < -0.4 is 5.32 Å². The first kappa shape index (κ1) is 15.0. The van der Waals surface area contributed by atoms with E-state index in [2.05, 4.69) is 24.3 Å². The molecule has 1 aromatic rings. The number of aromatic nitrogens is 2. The molecule has 1 saturated carbocycles. The highest BCUT2D eigenvalue weighted by Crippen LogP contribution is 2.41. The second-order valence-corrected chi connectivity index (χ2v) is 6.81. The molecule has 0 radical (unpaired) electrons. The first-order valence-corrected chi connectivity index (χ1v) is 8.33. The summed E-state index contributed by atoms with van der Waals surface area (Å²) in [5.74, 6) is 3.20. The number of rotatable bonds is 4. The van der Waals surface area contributed by atoms with Gasteiger partial charge in [0, 0.05) is 13.2 Å². The van der Waals surface area contributed by atoms with Crippen molar-refractivity contribution in [2.75, 3.05) is 19.7 Å². The van der Waals surface area contributed by atoms with Gasteiger partial charge in [0.15, 0.2) is 0 Å². The number of hydrogen-bond acceptors (Lipinski definition) is 5. The van der Waals surface area contributed by atoms with E-state index in [0.717, 1.165) is 43.6 Å².